The molecule has 4 aromatic rings. The number of likely N-dealkylation sites (tertiary alicyclic amines) is 1. The molecule has 2 heterocycles. The van der Waals surface area contributed by atoms with Crippen molar-refractivity contribution in [1.82, 2.24) is 4.90 Å². The zero-order chi connectivity index (χ0) is 37.3. The molecule has 4 atom stereocenters. The van der Waals surface area contributed by atoms with Gasteiger partial charge in [-0.3, -0.25) is 14.5 Å². The predicted octanol–water partition coefficient (Wildman–Crippen LogP) is 6.72. The fraction of sp³-hybridized carbons (Fsp3) is 0.318. The molecule has 0 aromatic heterocycles. The number of phenolic OH excluding ortho intramolecular Hbond substituents is 1. The van der Waals surface area contributed by atoms with Crippen LogP contribution in [0.1, 0.15) is 51.2 Å². The van der Waals surface area contributed by atoms with E-state index < -0.39 is 33.4 Å². The van der Waals surface area contributed by atoms with Gasteiger partial charge in [0.25, 0.3) is 8.32 Å². The molecule has 0 saturated carbocycles. The van der Waals surface area contributed by atoms with Crippen LogP contribution in [0.2, 0.25) is 11.4 Å². The van der Waals surface area contributed by atoms with E-state index in [9.17, 15) is 19.7 Å². The Balaban J connectivity index is 1.31. The van der Waals surface area contributed by atoms with Crippen molar-refractivity contribution in [3.8, 4) is 5.75 Å². The normalized spacial score (nSPS) is 22.2. The second kappa shape index (κ2) is 15.1. The third-order valence-corrected chi connectivity index (χ3v) is 16.5. The summed E-state index contributed by atoms with van der Waals surface area (Å²) in [6, 6.07) is 38.3. The number of allylic oxidation sites excluding steroid dienone is 1. The van der Waals surface area contributed by atoms with Crippen LogP contribution in [0.4, 0.5) is 0 Å². The number of benzene rings is 4. The summed E-state index contributed by atoms with van der Waals surface area (Å²) >= 11 is 0. The maximum Gasteiger partial charge on any atom is 0.455 e. The minimum atomic E-state index is -2.95. The van der Waals surface area contributed by atoms with Gasteiger partial charge < -0.3 is 19.2 Å². The number of hydrogen-bond donors (Lipinski definition) is 2. The van der Waals surface area contributed by atoms with Crippen LogP contribution in [-0.2, 0) is 18.7 Å². The van der Waals surface area contributed by atoms with Crippen LogP contribution in [0.25, 0.3) is 11.6 Å². The Hall–Kier alpha value is -4.54. The van der Waals surface area contributed by atoms with E-state index in [1.165, 1.54) is 4.90 Å². The third kappa shape index (κ3) is 6.99. The highest BCUT2D eigenvalue weighted by Gasteiger charge is 2.57. The number of rotatable bonds is 10. The second-order valence-corrected chi connectivity index (χ2v) is 19.9. The molecule has 9 heteroatoms. The van der Waals surface area contributed by atoms with Gasteiger partial charge in [-0.05, 0) is 81.3 Å². The lowest BCUT2D eigenvalue weighted by atomic mass is 9.58. The summed E-state index contributed by atoms with van der Waals surface area (Å²) in [7, 11) is -2.46. The highest BCUT2D eigenvalue weighted by molar-refractivity contribution is 6.99. The Kier molecular flexibility index (Phi) is 10.5. The maximum atomic E-state index is 13.7. The lowest BCUT2D eigenvalue weighted by Crippen LogP contribution is -2.66. The number of imide groups is 1. The first-order valence-corrected chi connectivity index (χ1v) is 20.6. The molecule has 2 saturated heterocycles. The number of carbonyl (C=O) groups excluding carboxylic acids is 2. The number of para-hydroxylation sites is 1. The van der Waals surface area contributed by atoms with Gasteiger partial charge in [-0.15, -0.1) is 0 Å². The SMILES string of the molecule is CN1C(=O)[C@@H]2[C@@H](CC(CO[Si](c3ccccc3)(c3ccccc3)C(C)(C)C)=C3[C@@H](CC/C(=C/c4ccccc4O)c4ccccc4)OB(O)C[C@@H]32)C1=O. The monoisotopic (exact) mass is 725 g/mol. The smallest absolute Gasteiger partial charge is 0.455 e. The van der Waals surface area contributed by atoms with Crippen molar-refractivity contribution in [1.29, 1.82) is 0 Å². The number of carbonyl (C=O) groups is 2. The molecule has 7 rings (SSSR count). The Morgan fingerprint density at radius 3 is 2.06 bits per heavy atom. The number of amides is 2. The Labute approximate surface area is 314 Å². The summed E-state index contributed by atoms with van der Waals surface area (Å²) in [6.45, 7) is 7.02. The van der Waals surface area contributed by atoms with E-state index in [1.807, 2.05) is 48.5 Å². The minimum Gasteiger partial charge on any atom is -0.507 e. The molecule has 7 nitrogen and oxygen atoms in total. The van der Waals surface area contributed by atoms with Crippen LogP contribution in [0.5, 0.6) is 5.75 Å². The lowest BCUT2D eigenvalue weighted by Gasteiger charge is -2.46. The van der Waals surface area contributed by atoms with Crippen LogP contribution in [0.3, 0.4) is 0 Å². The van der Waals surface area contributed by atoms with Crippen molar-refractivity contribution >= 4 is 49.3 Å². The van der Waals surface area contributed by atoms with Gasteiger partial charge in [-0.2, -0.15) is 0 Å². The summed E-state index contributed by atoms with van der Waals surface area (Å²) in [6.07, 6.45) is 3.24. The molecule has 0 bridgehead atoms. The Morgan fingerprint density at radius 2 is 1.45 bits per heavy atom. The molecular weight excluding hydrogens is 677 g/mol. The van der Waals surface area contributed by atoms with Gasteiger partial charge in [0.05, 0.1) is 24.5 Å². The number of fused-ring (bicyclic) bond motifs is 3. The quantitative estimate of drug-likeness (QED) is 0.0817. The van der Waals surface area contributed by atoms with Crippen LogP contribution < -0.4 is 10.4 Å². The number of aromatic hydroxyl groups is 1. The number of phenols is 1. The summed E-state index contributed by atoms with van der Waals surface area (Å²) < 4.78 is 13.9. The molecule has 0 radical (unpaired) electrons. The van der Waals surface area contributed by atoms with Crippen LogP contribution >= 0.6 is 0 Å². The molecule has 53 heavy (non-hydrogen) atoms. The van der Waals surface area contributed by atoms with Crippen molar-refractivity contribution in [2.24, 2.45) is 17.8 Å². The second-order valence-electron chi connectivity index (χ2n) is 15.6. The van der Waals surface area contributed by atoms with Crippen LogP contribution in [0, 0.1) is 17.8 Å². The van der Waals surface area contributed by atoms with Crippen molar-refractivity contribution < 1.29 is 28.8 Å². The molecular formula is C44H48BNO6Si. The van der Waals surface area contributed by atoms with E-state index >= 15 is 0 Å². The molecule has 0 spiro atoms. The summed E-state index contributed by atoms with van der Waals surface area (Å²) in [4.78, 5) is 28.6. The van der Waals surface area contributed by atoms with Crippen LogP contribution in [0.15, 0.2) is 126 Å². The summed E-state index contributed by atoms with van der Waals surface area (Å²) in [5.41, 5.74) is 4.73. The first-order valence-electron chi connectivity index (χ1n) is 18.7. The van der Waals surface area contributed by atoms with Gasteiger partial charge in [-0.1, -0.05) is 130 Å². The third-order valence-electron chi connectivity index (χ3n) is 11.5. The fourth-order valence-electron chi connectivity index (χ4n) is 9.05. The van der Waals surface area contributed by atoms with E-state index in [-0.39, 0.29) is 41.4 Å². The fourth-order valence-corrected chi connectivity index (χ4v) is 13.6. The highest BCUT2D eigenvalue weighted by Crippen LogP contribution is 2.51. The van der Waals surface area contributed by atoms with Crippen molar-refractivity contribution in [2.75, 3.05) is 13.7 Å². The zero-order valence-corrected chi connectivity index (χ0v) is 31.9. The standard InChI is InChI=1S/C44H48BNO6Si/c1-44(2,3)53(34-19-10-6-11-20-34,35-21-12-7-13-22-35)51-29-33-27-36-41(43(49)46(4)42(36)48)37-28-45(50)52-39(40(33)37)25-24-31(30-16-8-5-9-17-30)26-32-18-14-15-23-38(32)47/h5-23,26,36-37,39,41,47,50H,24-25,27-29H2,1-4H3/b31-26-/t36-,37+,39-,41-/m1/s1. The average molecular weight is 726 g/mol. The number of nitrogens with zero attached hydrogens (tertiary/aromatic N) is 1. The van der Waals surface area contributed by atoms with E-state index in [0.717, 1.165) is 32.7 Å². The Morgan fingerprint density at radius 1 is 0.868 bits per heavy atom. The highest BCUT2D eigenvalue weighted by atomic mass is 28.4. The molecule has 2 N–H and O–H groups in total. The van der Waals surface area contributed by atoms with Gasteiger partial charge in [0.1, 0.15) is 5.75 Å². The molecule has 0 unspecified atom stereocenters. The summed E-state index contributed by atoms with van der Waals surface area (Å²) in [5, 5.41) is 24.0. The first-order chi connectivity index (χ1) is 25.5. The molecule has 4 aromatic carbocycles. The zero-order valence-electron chi connectivity index (χ0n) is 30.9. The van der Waals surface area contributed by atoms with Gasteiger partial charge in [0.2, 0.25) is 11.8 Å². The van der Waals surface area contributed by atoms with Gasteiger partial charge in [0, 0.05) is 12.6 Å². The lowest BCUT2D eigenvalue weighted by molar-refractivity contribution is -0.138. The van der Waals surface area contributed by atoms with E-state index in [4.69, 9.17) is 9.08 Å². The van der Waals surface area contributed by atoms with E-state index in [0.29, 0.717) is 24.8 Å². The molecule has 2 aliphatic heterocycles. The average Bonchev–Trinajstić information content (AvgIpc) is 3.38. The largest absolute Gasteiger partial charge is 0.507 e. The van der Waals surface area contributed by atoms with E-state index in [1.54, 1.807) is 19.2 Å². The van der Waals surface area contributed by atoms with Gasteiger partial charge >= 0.3 is 7.12 Å². The maximum absolute atomic E-state index is 13.7. The number of hydrogen-bond acceptors (Lipinski definition) is 6. The topological polar surface area (TPSA) is 96.3 Å². The molecule has 2 fully saturated rings. The van der Waals surface area contributed by atoms with Gasteiger partial charge in [-0.25, -0.2) is 0 Å². The molecule has 1 aliphatic carbocycles. The van der Waals surface area contributed by atoms with Crippen molar-refractivity contribution in [2.45, 2.75) is 57.5 Å². The van der Waals surface area contributed by atoms with Gasteiger partial charge in [0.15, 0.2) is 0 Å². The molecule has 272 valence electrons. The van der Waals surface area contributed by atoms with E-state index in [2.05, 4.69) is 81.4 Å². The van der Waals surface area contributed by atoms with Crippen LogP contribution in [-0.4, -0.2) is 62.0 Å². The molecule has 3 aliphatic rings. The minimum absolute atomic E-state index is 0.170. The van der Waals surface area contributed by atoms with Crippen molar-refractivity contribution in [3.05, 3.63) is 138 Å². The Bertz CT molecular complexity index is 1970. The van der Waals surface area contributed by atoms with Crippen molar-refractivity contribution in [3.63, 3.8) is 0 Å². The summed E-state index contributed by atoms with van der Waals surface area (Å²) in [5.74, 6) is -1.58. The molecule has 2 amide bonds. The first kappa shape index (κ1) is 36.8. The predicted molar refractivity (Wildman–Crippen MR) is 213 cm³/mol.